The van der Waals surface area contributed by atoms with Gasteiger partial charge in [-0.3, -0.25) is 0 Å². The Hall–Kier alpha value is -16.8. The molecule has 0 unspecified atom stereocenters. The van der Waals surface area contributed by atoms with Crippen LogP contribution in [0.3, 0.4) is 0 Å². The number of aromatic nitrogens is 8. The SMILES string of the molecule is c1ccc(-c2ccc(-c3nc(-c4ccc(-c5ccccc5)cc4)nc(-c4ccc5c(c4)oc4c5ccc5c4c4ccccc4n5-c4cccc(-c5ccccc5)c4)n3)cc2)cc1.c1ccc(-c2ccc(-c3nc(-c4cccc(-c5ccccc5)c4)nc(-c4ccc5c(c4)oc4c5ccc5c4c4ccccc4n5-c4cccc(-c5ccccc5)c4)n3)cc2)cc1. The maximum atomic E-state index is 6.94. The first kappa shape index (κ1) is 72.4. The van der Waals surface area contributed by atoms with Crippen LogP contribution >= 0.6 is 0 Å². The van der Waals surface area contributed by atoms with E-state index in [1.54, 1.807) is 0 Å². The molecule has 0 saturated carbocycles. The number of para-hydroxylation sites is 2. The lowest BCUT2D eigenvalue weighted by molar-refractivity contribution is 0.672. The van der Waals surface area contributed by atoms with Gasteiger partial charge in [-0.2, -0.15) is 0 Å². The van der Waals surface area contributed by atoms with Gasteiger partial charge < -0.3 is 18.0 Å². The summed E-state index contributed by atoms with van der Waals surface area (Å²) in [6.07, 6.45) is 0. The summed E-state index contributed by atoms with van der Waals surface area (Å²) in [6, 6.07) is 152. The van der Waals surface area contributed by atoms with Crippen molar-refractivity contribution in [2.75, 3.05) is 0 Å². The molecule has 0 radical (unpaired) electrons. The second-order valence-corrected chi connectivity index (χ2v) is 31.2. The maximum absolute atomic E-state index is 6.94. The molecule has 18 aromatic carbocycles. The predicted molar refractivity (Wildman–Crippen MR) is 508 cm³/mol. The molecule has 10 nitrogen and oxygen atoms in total. The Labute approximate surface area is 713 Å². The normalized spacial score (nSPS) is 11.5. The molecule has 0 fully saturated rings. The van der Waals surface area contributed by atoms with Crippen molar-refractivity contribution < 1.29 is 8.83 Å². The van der Waals surface area contributed by atoms with Crippen LogP contribution in [0.4, 0.5) is 0 Å². The van der Waals surface area contributed by atoms with Gasteiger partial charge >= 0.3 is 0 Å². The predicted octanol–water partition coefficient (Wildman–Crippen LogP) is 29.7. The summed E-state index contributed by atoms with van der Waals surface area (Å²) in [5.74, 6) is 3.56. The van der Waals surface area contributed by atoms with Crippen molar-refractivity contribution in [3.05, 3.63) is 437 Å². The van der Waals surface area contributed by atoms with Crippen LogP contribution in [-0.4, -0.2) is 39.0 Å². The monoisotopic (exact) mass is 1580 g/mol. The highest BCUT2D eigenvalue weighted by molar-refractivity contribution is 6.25. The summed E-state index contributed by atoms with van der Waals surface area (Å²) in [5.41, 5.74) is 29.0. The third-order valence-electron chi connectivity index (χ3n) is 23.7. The molecule has 0 N–H and O–H groups in total. The zero-order valence-corrected chi connectivity index (χ0v) is 67.0. The molecule has 0 aliphatic carbocycles. The lowest BCUT2D eigenvalue weighted by atomic mass is 10.0. The highest BCUT2D eigenvalue weighted by atomic mass is 16.3. The second-order valence-electron chi connectivity index (χ2n) is 31.2. The highest BCUT2D eigenvalue weighted by Crippen LogP contribution is 2.46. The van der Waals surface area contributed by atoms with Crippen LogP contribution in [0, 0.1) is 0 Å². The number of nitrogens with zero attached hydrogens (tertiary/aromatic N) is 8. The minimum atomic E-state index is 0.574. The highest BCUT2D eigenvalue weighted by Gasteiger charge is 2.25. The Morgan fingerprint density at radius 3 is 0.742 bits per heavy atom. The zero-order valence-electron chi connectivity index (χ0n) is 67.0. The fourth-order valence-electron chi connectivity index (χ4n) is 17.6. The van der Waals surface area contributed by atoms with E-state index in [2.05, 4.69) is 422 Å². The molecule has 0 atom stereocenters. The number of furan rings is 2. The fraction of sp³-hybridized carbons (Fsp3) is 0. The summed E-state index contributed by atoms with van der Waals surface area (Å²) in [6.45, 7) is 0. The van der Waals surface area contributed by atoms with Crippen LogP contribution in [-0.2, 0) is 0 Å². The van der Waals surface area contributed by atoms with Crippen molar-refractivity contribution in [2.24, 2.45) is 0 Å². The van der Waals surface area contributed by atoms with Crippen LogP contribution < -0.4 is 0 Å². The first-order valence-corrected chi connectivity index (χ1v) is 41.7. The van der Waals surface area contributed by atoms with E-state index in [9.17, 15) is 0 Å². The Kier molecular flexibility index (Phi) is 18.0. The van der Waals surface area contributed by atoms with Crippen molar-refractivity contribution in [2.45, 2.75) is 0 Å². The quantitative estimate of drug-likeness (QED) is 0.106. The minimum absolute atomic E-state index is 0.574. The van der Waals surface area contributed by atoms with E-state index in [0.717, 1.165) is 177 Å². The van der Waals surface area contributed by atoms with E-state index < -0.39 is 0 Å². The summed E-state index contributed by atoms with van der Waals surface area (Å²) in [5, 5.41) is 8.65. The van der Waals surface area contributed by atoms with E-state index >= 15 is 0 Å². The molecule has 580 valence electrons. The van der Waals surface area contributed by atoms with Gasteiger partial charge in [0.05, 0.1) is 32.8 Å². The summed E-state index contributed by atoms with van der Waals surface area (Å²) < 4.78 is 18.6. The molecule has 0 bridgehead atoms. The van der Waals surface area contributed by atoms with Gasteiger partial charge in [0.1, 0.15) is 22.3 Å². The van der Waals surface area contributed by atoms with Gasteiger partial charge in [-0.15, -0.1) is 0 Å². The molecule has 6 heterocycles. The molecule has 124 heavy (non-hydrogen) atoms. The molecule has 6 aromatic heterocycles. The smallest absolute Gasteiger partial charge is 0.164 e. The van der Waals surface area contributed by atoms with Crippen molar-refractivity contribution in [1.82, 2.24) is 39.0 Å². The van der Waals surface area contributed by atoms with Crippen LogP contribution in [0.15, 0.2) is 446 Å². The third-order valence-corrected chi connectivity index (χ3v) is 23.7. The van der Waals surface area contributed by atoms with E-state index in [-0.39, 0.29) is 0 Å². The van der Waals surface area contributed by atoms with Crippen molar-refractivity contribution in [3.63, 3.8) is 0 Å². The van der Waals surface area contributed by atoms with Crippen molar-refractivity contribution >= 4 is 87.5 Å². The van der Waals surface area contributed by atoms with Gasteiger partial charge in [0.15, 0.2) is 34.9 Å². The van der Waals surface area contributed by atoms with Gasteiger partial charge in [-0.05, 0) is 158 Å². The molecule has 0 amide bonds. The molecule has 24 rings (SSSR count). The summed E-state index contributed by atoms with van der Waals surface area (Å²) in [7, 11) is 0. The van der Waals surface area contributed by atoms with Crippen molar-refractivity contribution in [1.29, 1.82) is 0 Å². The van der Waals surface area contributed by atoms with Gasteiger partial charge in [-0.1, -0.05) is 346 Å². The largest absolute Gasteiger partial charge is 0.455 e. The average Bonchev–Trinajstić information content (AvgIpc) is 1.56. The lowest BCUT2D eigenvalue weighted by Gasteiger charge is -2.10. The minimum Gasteiger partial charge on any atom is -0.455 e. The van der Waals surface area contributed by atoms with Crippen molar-refractivity contribution in [3.8, 4) is 146 Å². The van der Waals surface area contributed by atoms with Crippen LogP contribution in [0.25, 0.3) is 234 Å². The lowest BCUT2D eigenvalue weighted by Crippen LogP contribution is -2.00. The number of benzene rings is 18. The molecular weight excluding hydrogens is 1510 g/mol. The van der Waals surface area contributed by atoms with Crippen LogP contribution in [0.1, 0.15) is 0 Å². The van der Waals surface area contributed by atoms with E-state index in [1.165, 1.54) is 22.3 Å². The number of rotatable bonds is 14. The Morgan fingerprint density at radius 1 is 0.153 bits per heavy atom. The van der Waals surface area contributed by atoms with E-state index in [4.69, 9.17) is 38.7 Å². The Morgan fingerprint density at radius 2 is 0.395 bits per heavy atom. The van der Waals surface area contributed by atoms with Gasteiger partial charge in [-0.25, -0.2) is 29.9 Å². The third kappa shape index (κ3) is 13.3. The first-order chi connectivity index (χ1) is 61.4. The average molecular weight is 1590 g/mol. The number of hydrogen-bond acceptors (Lipinski definition) is 8. The topological polar surface area (TPSA) is 113 Å². The summed E-state index contributed by atoms with van der Waals surface area (Å²) in [4.78, 5) is 30.7. The number of fused-ring (bicyclic) bond motifs is 14. The fourth-order valence-corrected chi connectivity index (χ4v) is 17.6. The first-order valence-electron chi connectivity index (χ1n) is 41.7. The van der Waals surface area contributed by atoms with E-state index in [0.29, 0.717) is 34.9 Å². The standard InChI is InChI=1S/2C57H36N4O/c1-4-14-37(15-5-1)40-26-28-41(29-27-40)55-58-56(44-22-12-20-42(34-44)38-16-6-2-7-17-38)60-57(59-55)45-30-31-47-48-32-33-51-53(54(48)62-52(47)36-45)49-24-10-11-25-50(49)61(51)46-23-13-21-43(35-46)39-18-8-3-9-19-39;1-4-13-37(14-5-1)40-23-27-42(28-24-40)55-58-56(43-29-25-41(26-30-43)38-15-6-2-7-16-38)60-57(59-55)45-31-32-47-48-33-34-51-53(54(48)62-52(47)36-45)49-21-10-11-22-50(49)61(51)46-20-12-19-44(35-46)39-17-8-3-9-18-39/h2*1-36H. The number of hydrogen-bond donors (Lipinski definition) is 0. The molecule has 0 aliphatic rings. The molecule has 10 heteroatoms. The van der Waals surface area contributed by atoms with Gasteiger partial charge in [0.25, 0.3) is 0 Å². The molecule has 0 spiro atoms. The Balaban J connectivity index is 0.000000143. The maximum Gasteiger partial charge on any atom is 0.164 e. The Bertz CT molecular complexity index is 8070. The van der Waals surface area contributed by atoms with Crippen LogP contribution in [0.5, 0.6) is 0 Å². The van der Waals surface area contributed by atoms with E-state index in [1.807, 2.05) is 24.3 Å². The molecule has 24 aromatic rings. The molecule has 0 aliphatic heterocycles. The summed E-state index contributed by atoms with van der Waals surface area (Å²) >= 11 is 0. The van der Waals surface area contributed by atoms with Crippen LogP contribution in [0.2, 0.25) is 0 Å². The second kappa shape index (κ2) is 30.8. The van der Waals surface area contributed by atoms with Gasteiger partial charge in [0.2, 0.25) is 0 Å². The zero-order chi connectivity index (χ0) is 82.0. The molecular formula is C114H72N8O2. The molecule has 0 saturated heterocycles. The van der Waals surface area contributed by atoms with Gasteiger partial charge in [0, 0.05) is 77.1 Å².